The van der Waals surface area contributed by atoms with Crippen LogP contribution in [0.15, 0.2) is 20.7 Å². The van der Waals surface area contributed by atoms with Gasteiger partial charge in [0.15, 0.2) is 4.90 Å². The number of halogens is 1. The zero-order valence-electron chi connectivity index (χ0n) is 13.7. The van der Waals surface area contributed by atoms with Crippen molar-refractivity contribution in [3.05, 3.63) is 27.0 Å². The monoisotopic (exact) mass is 378 g/mol. The Balaban J connectivity index is 0.00000208. The predicted octanol–water partition coefficient (Wildman–Crippen LogP) is -0.746. The molecule has 1 aliphatic carbocycles. The fraction of sp³-hybridized carbons (Fsp3) is 0.714. The number of fused-ring (bicyclic) bond motifs is 1. The highest BCUT2D eigenvalue weighted by molar-refractivity contribution is 7.89. The Morgan fingerprint density at radius 1 is 1.17 bits per heavy atom. The highest BCUT2D eigenvalue weighted by Gasteiger charge is 2.44. The van der Waals surface area contributed by atoms with Crippen molar-refractivity contribution < 1.29 is 8.42 Å². The molecule has 0 spiro atoms. The van der Waals surface area contributed by atoms with Crippen LogP contribution in [0.25, 0.3) is 0 Å². The van der Waals surface area contributed by atoms with Crippen molar-refractivity contribution >= 4 is 22.4 Å². The molecule has 1 saturated heterocycles. The molecule has 0 aromatic carbocycles. The minimum absolute atomic E-state index is 0. The van der Waals surface area contributed by atoms with Crippen molar-refractivity contribution in [1.29, 1.82) is 0 Å². The Bertz CT molecular complexity index is 847. The van der Waals surface area contributed by atoms with E-state index in [1.54, 1.807) is 0 Å². The largest absolute Gasteiger partial charge is 0.330 e. The molecule has 3 atom stereocenters. The zero-order chi connectivity index (χ0) is 16.9. The SMILES string of the molecule is Cl.Cn1cc(S(=O)(=O)N2CC3CCCC(N)C3C2)c(=O)n(C)c1=O. The highest BCUT2D eigenvalue weighted by atomic mass is 35.5. The van der Waals surface area contributed by atoms with Gasteiger partial charge in [0.25, 0.3) is 5.56 Å². The second-order valence-electron chi connectivity index (χ2n) is 6.59. The molecule has 0 bridgehead atoms. The van der Waals surface area contributed by atoms with Gasteiger partial charge in [-0.2, -0.15) is 4.31 Å². The summed E-state index contributed by atoms with van der Waals surface area (Å²) in [7, 11) is -1.22. The summed E-state index contributed by atoms with van der Waals surface area (Å²) in [6.45, 7) is 0.743. The number of aromatic nitrogens is 2. The number of hydrogen-bond donors (Lipinski definition) is 1. The van der Waals surface area contributed by atoms with E-state index in [-0.39, 0.29) is 35.2 Å². The van der Waals surface area contributed by atoms with Gasteiger partial charge >= 0.3 is 5.69 Å². The first-order valence-electron chi connectivity index (χ1n) is 7.76. The second-order valence-corrected chi connectivity index (χ2v) is 8.50. The van der Waals surface area contributed by atoms with Crippen LogP contribution in [0.2, 0.25) is 0 Å². The molecule has 24 heavy (non-hydrogen) atoms. The van der Waals surface area contributed by atoms with Gasteiger partial charge in [-0.1, -0.05) is 6.42 Å². The Hall–Kier alpha value is -1.16. The molecular weight excluding hydrogens is 356 g/mol. The lowest BCUT2D eigenvalue weighted by molar-refractivity contribution is 0.260. The molecule has 1 aliphatic heterocycles. The summed E-state index contributed by atoms with van der Waals surface area (Å²) < 4.78 is 29.0. The summed E-state index contributed by atoms with van der Waals surface area (Å²) in [4.78, 5) is 23.6. The van der Waals surface area contributed by atoms with Crippen molar-refractivity contribution in [2.75, 3.05) is 13.1 Å². The molecule has 1 aromatic heterocycles. The summed E-state index contributed by atoms with van der Waals surface area (Å²) in [5, 5.41) is 0. The van der Waals surface area contributed by atoms with E-state index in [9.17, 15) is 18.0 Å². The molecule has 0 radical (unpaired) electrons. The van der Waals surface area contributed by atoms with E-state index in [4.69, 9.17) is 5.73 Å². The molecular formula is C14H23ClN4O4S. The van der Waals surface area contributed by atoms with Crippen LogP contribution in [0.4, 0.5) is 0 Å². The number of aryl methyl sites for hydroxylation is 1. The van der Waals surface area contributed by atoms with Crippen molar-refractivity contribution in [2.45, 2.75) is 30.2 Å². The quantitative estimate of drug-likeness (QED) is 0.728. The van der Waals surface area contributed by atoms with E-state index >= 15 is 0 Å². The summed E-state index contributed by atoms with van der Waals surface area (Å²) in [6, 6.07) is 0.0110. The van der Waals surface area contributed by atoms with Crippen LogP contribution >= 0.6 is 12.4 Å². The average molecular weight is 379 g/mol. The van der Waals surface area contributed by atoms with Crippen molar-refractivity contribution in [3.8, 4) is 0 Å². The maximum absolute atomic E-state index is 12.9. The maximum atomic E-state index is 12.9. The molecule has 1 saturated carbocycles. The third kappa shape index (κ3) is 2.94. The van der Waals surface area contributed by atoms with E-state index in [1.165, 1.54) is 18.4 Å². The molecule has 2 fully saturated rings. The first-order valence-corrected chi connectivity index (χ1v) is 9.20. The van der Waals surface area contributed by atoms with E-state index in [1.807, 2.05) is 0 Å². The van der Waals surface area contributed by atoms with Crippen LogP contribution in [-0.2, 0) is 24.1 Å². The standard InChI is InChI=1S/C14H22N4O4S.ClH/c1-16-8-12(13(19)17(2)14(16)20)23(21,22)18-6-9-4-3-5-11(15)10(9)7-18;/h8-11H,3-7,15H2,1-2H3;1H. The molecule has 2 N–H and O–H groups in total. The van der Waals surface area contributed by atoms with Crippen LogP contribution in [-0.4, -0.2) is 41.0 Å². The highest BCUT2D eigenvalue weighted by Crippen LogP contribution is 2.37. The Morgan fingerprint density at radius 3 is 2.46 bits per heavy atom. The van der Waals surface area contributed by atoms with Gasteiger partial charge in [-0.15, -0.1) is 12.4 Å². The number of nitrogens with zero attached hydrogens (tertiary/aromatic N) is 3. The van der Waals surface area contributed by atoms with Crippen molar-refractivity contribution in [3.63, 3.8) is 0 Å². The molecule has 3 unspecified atom stereocenters. The van der Waals surface area contributed by atoms with Crippen LogP contribution in [0.5, 0.6) is 0 Å². The fourth-order valence-corrected chi connectivity index (χ4v) is 5.45. The summed E-state index contributed by atoms with van der Waals surface area (Å²) in [5.41, 5.74) is 4.79. The van der Waals surface area contributed by atoms with Crippen LogP contribution < -0.4 is 17.0 Å². The van der Waals surface area contributed by atoms with Crippen LogP contribution in [0.1, 0.15) is 19.3 Å². The van der Waals surface area contributed by atoms with Crippen LogP contribution in [0.3, 0.4) is 0 Å². The van der Waals surface area contributed by atoms with Gasteiger partial charge in [0.1, 0.15) is 0 Å². The van der Waals surface area contributed by atoms with E-state index in [0.717, 1.165) is 34.6 Å². The number of nitrogens with two attached hydrogens (primary N) is 1. The van der Waals surface area contributed by atoms with Gasteiger partial charge in [-0.05, 0) is 24.7 Å². The molecule has 136 valence electrons. The first kappa shape index (κ1) is 19.2. The van der Waals surface area contributed by atoms with E-state index in [0.29, 0.717) is 13.1 Å². The minimum Gasteiger partial charge on any atom is -0.327 e. The van der Waals surface area contributed by atoms with Gasteiger partial charge < -0.3 is 10.3 Å². The Morgan fingerprint density at radius 2 is 1.83 bits per heavy atom. The van der Waals surface area contributed by atoms with Gasteiger partial charge in [0.2, 0.25) is 10.0 Å². The molecule has 3 rings (SSSR count). The molecule has 2 aliphatic rings. The molecule has 2 heterocycles. The topological polar surface area (TPSA) is 107 Å². The van der Waals surface area contributed by atoms with Gasteiger partial charge in [0.05, 0.1) is 0 Å². The average Bonchev–Trinajstić information content (AvgIpc) is 2.95. The third-order valence-corrected chi connectivity index (χ3v) is 6.97. The van der Waals surface area contributed by atoms with Crippen LogP contribution in [0, 0.1) is 11.8 Å². The Kier molecular flexibility index (Phi) is 5.29. The summed E-state index contributed by atoms with van der Waals surface area (Å²) in [6.07, 6.45) is 4.01. The van der Waals surface area contributed by atoms with Gasteiger partial charge in [-0.3, -0.25) is 9.36 Å². The first-order chi connectivity index (χ1) is 10.7. The zero-order valence-corrected chi connectivity index (χ0v) is 15.3. The minimum atomic E-state index is -3.93. The Labute approximate surface area is 146 Å². The van der Waals surface area contributed by atoms with Crippen molar-refractivity contribution in [1.82, 2.24) is 13.4 Å². The van der Waals surface area contributed by atoms with E-state index < -0.39 is 21.3 Å². The maximum Gasteiger partial charge on any atom is 0.330 e. The lowest BCUT2D eigenvalue weighted by atomic mass is 9.78. The molecule has 8 nitrogen and oxygen atoms in total. The van der Waals surface area contributed by atoms with Gasteiger partial charge in [0, 0.05) is 39.4 Å². The summed E-state index contributed by atoms with van der Waals surface area (Å²) >= 11 is 0. The number of sulfonamides is 1. The molecule has 0 amide bonds. The molecule has 1 aromatic rings. The number of hydrogen-bond acceptors (Lipinski definition) is 5. The number of rotatable bonds is 2. The lowest BCUT2D eigenvalue weighted by Gasteiger charge is -2.29. The fourth-order valence-electron chi connectivity index (χ4n) is 3.76. The lowest BCUT2D eigenvalue weighted by Crippen LogP contribution is -2.42. The van der Waals surface area contributed by atoms with Crippen molar-refractivity contribution in [2.24, 2.45) is 31.7 Å². The smallest absolute Gasteiger partial charge is 0.327 e. The van der Waals surface area contributed by atoms with E-state index in [2.05, 4.69) is 0 Å². The normalized spacial score (nSPS) is 27.5. The van der Waals surface area contributed by atoms with Gasteiger partial charge in [-0.25, -0.2) is 13.2 Å². The summed E-state index contributed by atoms with van der Waals surface area (Å²) in [5.74, 6) is 0.403. The molecule has 10 heteroatoms. The third-order valence-electron chi connectivity index (χ3n) is 5.15. The predicted molar refractivity (Wildman–Crippen MR) is 91.7 cm³/mol. The second kappa shape index (κ2) is 6.62.